The Morgan fingerprint density at radius 3 is 2.52 bits per heavy atom. The Labute approximate surface area is 139 Å². The first kappa shape index (κ1) is 15.6. The zero-order chi connectivity index (χ0) is 16.2. The number of nitrogens with two attached hydrogens (primary N) is 1. The molecule has 23 heavy (non-hydrogen) atoms. The molecule has 5 heteroatoms. The summed E-state index contributed by atoms with van der Waals surface area (Å²) in [5, 5.41) is 0. The van der Waals surface area contributed by atoms with Gasteiger partial charge in [0.05, 0.1) is 11.3 Å². The summed E-state index contributed by atoms with van der Waals surface area (Å²) in [4.78, 5) is 26.5. The standard InChI is InChI=1S/C18H18N2O2S/c19-17(21)12-23-16-8-4-3-7-15(16)18(22)20-10-9-13-5-1-2-6-14(13)11-20/h1-8H,9-12H2,(H2,19,21). The van der Waals surface area contributed by atoms with E-state index in [4.69, 9.17) is 5.73 Å². The number of rotatable bonds is 4. The Balaban J connectivity index is 1.80. The molecule has 2 aromatic rings. The smallest absolute Gasteiger partial charge is 0.255 e. The van der Waals surface area contributed by atoms with E-state index in [9.17, 15) is 9.59 Å². The molecule has 0 aromatic heterocycles. The Morgan fingerprint density at radius 2 is 1.74 bits per heavy atom. The van der Waals surface area contributed by atoms with E-state index in [1.165, 1.54) is 22.9 Å². The van der Waals surface area contributed by atoms with E-state index in [-0.39, 0.29) is 17.6 Å². The Morgan fingerprint density at radius 1 is 1.04 bits per heavy atom. The number of nitrogens with zero attached hydrogens (tertiary/aromatic N) is 1. The van der Waals surface area contributed by atoms with Crippen molar-refractivity contribution in [1.82, 2.24) is 4.90 Å². The van der Waals surface area contributed by atoms with Crippen LogP contribution < -0.4 is 5.73 Å². The molecule has 0 unspecified atom stereocenters. The Kier molecular flexibility index (Phi) is 4.67. The van der Waals surface area contributed by atoms with Gasteiger partial charge in [0.25, 0.3) is 5.91 Å². The van der Waals surface area contributed by atoms with E-state index in [1.807, 2.05) is 41.3 Å². The highest BCUT2D eigenvalue weighted by molar-refractivity contribution is 8.00. The van der Waals surface area contributed by atoms with Crippen LogP contribution in [0.5, 0.6) is 0 Å². The van der Waals surface area contributed by atoms with Gasteiger partial charge in [0.15, 0.2) is 0 Å². The lowest BCUT2D eigenvalue weighted by molar-refractivity contribution is -0.115. The van der Waals surface area contributed by atoms with Gasteiger partial charge < -0.3 is 10.6 Å². The minimum atomic E-state index is -0.385. The molecule has 0 aliphatic carbocycles. The van der Waals surface area contributed by atoms with Gasteiger partial charge in [-0.15, -0.1) is 11.8 Å². The van der Waals surface area contributed by atoms with Crippen LogP contribution in [0.2, 0.25) is 0 Å². The third-order valence-electron chi connectivity index (χ3n) is 3.91. The summed E-state index contributed by atoms with van der Waals surface area (Å²) in [6, 6.07) is 15.6. The van der Waals surface area contributed by atoms with Gasteiger partial charge in [-0.3, -0.25) is 9.59 Å². The van der Waals surface area contributed by atoms with Crippen LogP contribution in [0.15, 0.2) is 53.4 Å². The number of carbonyl (C=O) groups is 2. The largest absolute Gasteiger partial charge is 0.369 e. The van der Waals surface area contributed by atoms with E-state index in [1.54, 1.807) is 0 Å². The second-order valence-corrected chi connectivity index (χ2v) is 6.51. The maximum Gasteiger partial charge on any atom is 0.255 e. The molecule has 0 spiro atoms. The van der Waals surface area contributed by atoms with Crippen LogP contribution in [0.3, 0.4) is 0 Å². The van der Waals surface area contributed by atoms with Gasteiger partial charge in [0, 0.05) is 18.0 Å². The van der Waals surface area contributed by atoms with Crippen molar-refractivity contribution in [1.29, 1.82) is 0 Å². The molecule has 0 atom stereocenters. The third kappa shape index (κ3) is 3.56. The molecule has 4 nitrogen and oxygen atoms in total. The van der Waals surface area contributed by atoms with Gasteiger partial charge in [-0.25, -0.2) is 0 Å². The summed E-state index contributed by atoms with van der Waals surface area (Å²) < 4.78 is 0. The summed E-state index contributed by atoms with van der Waals surface area (Å²) in [6.07, 6.45) is 0.874. The minimum Gasteiger partial charge on any atom is -0.369 e. The van der Waals surface area contributed by atoms with Crippen molar-refractivity contribution in [2.45, 2.75) is 17.9 Å². The van der Waals surface area contributed by atoms with Crippen molar-refractivity contribution in [2.24, 2.45) is 5.73 Å². The fourth-order valence-electron chi connectivity index (χ4n) is 2.76. The van der Waals surface area contributed by atoms with E-state index >= 15 is 0 Å². The van der Waals surface area contributed by atoms with Crippen molar-refractivity contribution < 1.29 is 9.59 Å². The number of thioether (sulfide) groups is 1. The number of hydrogen-bond donors (Lipinski definition) is 1. The van der Waals surface area contributed by atoms with Crippen molar-refractivity contribution in [3.63, 3.8) is 0 Å². The highest BCUT2D eigenvalue weighted by Crippen LogP contribution is 2.26. The van der Waals surface area contributed by atoms with Crippen LogP contribution >= 0.6 is 11.8 Å². The zero-order valence-electron chi connectivity index (χ0n) is 12.7. The fraction of sp³-hybridized carbons (Fsp3) is 0.222. The quantitative estimate of drug-likeness (QED) is 0.878. The van der Waals surface area contributed by atoms with E-state index in [0.29, 0.717) is 18.7 Å². The topological polar surface area (TPSA) is 63.4 Å². The van der Waals surface area contributed by atoms with Crippen LogP contribution in [-0.4, -0.2) is 29.0 Å². The van der Waals surface area contributed by atoms with Crippen LogP contribution in [0.4, 0.5) is 0 Å². The predicted molar refractivity (Wildman–Crippen MR) is 91.2 cm³/mol. The summed E-state index contributed by atoms with van der Waals surface area (Å²) >= 11 is 1.31. The molecule has 0 saturated heterocycles. The molecular weight excluding hydrogens is 308 g/mol. The van der Waals surface area contributed by atoms with E-state index in [0.717, 1.165) is 11.3 Å². The average molecular weight is 326 g/mol. The molecule has 1 aliphatic heterocycles. The van der Waals surface area contributed by atoms with Crippen LogP contribution in [0.1, 0.15) is 21.5 Å². The van der Waals surface area contributed by atoms with Gasteiger partial charge in [-0.2, -0.15) is 0 Å². The molecule has 118 valence electrons. The Bertz CT molecular complexity index is 745. The molecule has 2 aromatic carbocycles. The maximum absolute atomic E-state index is 12.9. The van der Waals surface area contributed by atoms with Gasteiger partial charge in [0.1, 0.15) is 0 Å². The van der Waals surface area contributed by atoms with Crippen LogP contribution in [0, 0.1) is 0 Å². The molecule has 1 heterocycles. The monoisotopic (exact) mass is 326 g/mol. The summed E-state index contributed by atoms with van der Waals surface area (Å²) in [6.45, 7) is 1.34. The average Bonchev–Trinajstić information content (AvgIpc) is 2.59. The molecule has 0 saturated carbocycles. The normalized spacial score (nSPS) is 13.5. The first-order chi connectivity index (χ1) is 11.1. The fourth-order valence-corrected chi connectivity index (χ4v) is 3.54. The van der Waals surface area contributed by atoms with Gasteiger partial charge in [-0.05, 0) is 29.7 Å². The van der Waals surface area contributed by atoms with Gasteiger partial charge >= 0.3 is 0 Å². The summed E-state index contributed by atoms with van der Waals surface area (Å²) in [5.74, 6) is -0.205. The van der Waals surface area contributed by atoms with E-state index < -0.39 is 0 Å². The lowest BCUT2D eigenvalue weighted by Crippen LogP contribution is -2.36. The maximum atomic E-state index is 12.9. The SMILES string of the molecule is NC(=O)CSc1ccccc1C(=O)N1CCc2ccccc2C1. The lowest BCUT2D eigenvalue weighted by Gasteiger charge is -2.29. The molecular formula is C18H18N2O2S. The Hall–Kier alpha value is -2.27. The lowest BCUT2D eigenvalue weighted by atomic mass is 9.99. The van der Waals surface area contributed by atoms with Crippen molar-refractivity contribution in [3.8, 4) is 0 Å². The van der Waals surface area contributed by atoms with Crippen molar-refractivity contribution in [3.05, 3.63) is 65.2 Å². The molecule has 0 bridgehead atoms. The second kappa shape index (κ2) is 6.87. The number of primary amides is 1. The highest BCUT2D eigenvalue weighted by Gasteiger charge is 2.23. The third-order valence-corrected chi connectivity index (χ3v) is 5.00. The van der Waals surface area contributed by atoms with Crippen molar-refractivity contribution in [2.75, 3.05) is 12.3 Å². The number of benzene rings is 2. The van der Waals surface area contributed by atoms with Gasteiger partial charge in [-0.1, -0.05) is 36.4 Å². The number of carbonyl (C=O) groups excluding carboxylic acids is 2. The van der Waals surface area contributed by atoms with Crippen LogP contribution in [0.25, 0.3) is 0 Å². The number of amides is 2. The van der Waals surface area contributed by atoms with Crippen LogP contribution in [-0.2, 0) is 17.8 Å². The highest BCUT2D eigenvalue weighted by atomic mass is 32.2. The zero-order valence-corrected chi connectivity index (χ0v) is 13.5. The molecule has 1 aliphatic rings. The molecule has 0 radical (unpaired) electrons. The molecule has 0 fully saturated rings. The number of hydrogen-bond acceptors (Lipinski definition) is 3. The minimum absolute atomic E-state index is 0.00655. The van der Waals surface area contributed by atoms with Crippen molar-refractivity contribution >= 4 is 23.6 Å². The first-order valence-electron chi connectivity index (χ1n) is 7.51. The summed E-state index contributed by atoms with van der Waals surface area (Å²) in [7, 11) is 0. The summed E-state index contributed by atoms with van der Waals surface area (Å²) in [5.41, 5.74) is 8.36. The second-order valence-electron chi connectivity index (χ2n) is 5.50. The molecule has 2 amide bonds. The van der Waals surface area contributed by atoms with E-state index in [2.05, 4.69) is 12.1 Å². The predicted octanol–water partition coefficient (Wildman–Crippen LogP) is 2.46. The van der Waals surface area contributed by atoms with Gasteiger partial charge in [0.2, 0.25) is 5.91 Å². The number of fused-ring (bicyclic) bond motifs is 1. The first-order valence-corrected chi connectivity index (χ1v) is 8.50. The molecule has 3 rings (SSSR count). The molecule has 2 N–H and O–H groups in total.